The molecule has 3 aromatic rings. The molecule has 0 radical (unpaired) electrons. The second kappa shape index (κ2) is 9.63. The van der Waals surface area contributed by atoms with E-state index in [1.807, 2.05) is 25.1 Å². The van der Waals surface area contributed by atoms with E-state index in [1.54, 1.807) is 33.5 Å². The molecular weight excluding hydrogens is 408 g/mol. The number of hydrogen-bond donors (Lipinski definition) is 0. The normalized spacial score (nSPS) is 14.5. The maximum Gasteiger partial charge on any atom is 0.203 e. The van der Waals surface area contributed by atoms with Gasteiger partial charge in [-0.2, -0.15) is 0 Å². The van der Waals surface area contributed by atoms with E-state index in [0.29, 0.717) is 28.4 Å². The first-order valence-electron chi connectivity index (χ1n) is 10.8. The Morgan fingerprint density at radius 1 is 0.969 bits per heavy atom. The number of morpholine rings is 1. The van der Waals surface area contributed by atoms with Gasteiger partial charge >= 0.3 is 0 Å². The molecule has 0 spiro atoms. The number of ketones is 1. The van der Waals surface area contributed by atoms with Crippen LogP contribution in [-0.2, 0) is 11.3 Å². The molecule has 0 aliphatic carbocycles. The topological polar surface area (TPSA) is 62.2 Å². The number of nitrogens with zero attached hydrogens (tertiary/aromatic N) is 2. The van der Waals surface area contributed by atoms with Crippen molar-refractivity contribution >= 4 is 16.7 Å². The van der Waals surface area contributed by atoms with E-state index in [2.05, 4.69) is 15.5 Å². The lowest BCUT2D eigenvalue weighted by Crippen LogP contribution is -2.38. The van der Waals surface area contributed by atoms with Crippen molar-refractivity contribution in [1.29, 1.82) is 0 Å². The number of hydrogen-bond acceptors (Lipinski definition) is 6. The van der Waals surface area contributed by atoms with Crippen LogP contribution in [0, 0.1) is 6.92 Å². The second-order valence-electron chi connectivity index (χ2n) is 7.83. The highest BCUT2D eigenvalue weighted by Crippen LogP contribution is 2.39. The van der Waals surface area contributed by atoms with Crippen molar-refractivity contribution in [2.24, 2.45) is 0 Å². The van der Waals surface area contributed by atoms with E-state index in [4.69, 9.17) is 18.9 Å². The Kier molecular flexibility index (Phi) is 6.67. The van der Waals surface area contributed by atoms with Crippen LogP contribution in [-0.4, -0.2) is 69.4 Å². The van der Waals surface area contributed by atoms with Crippen LogP contribution in [0.25, 0.3) is 10.9 Å². The Bertz CT molecular complexity index is 1090. The molecule has 4 rings (SSSR count). The van der Waals surface area contributed by atoms with Crippen molar-refractivity contribution in [3.05, 3.63) is 53.2 Å². The second-order valence-corrected chi connectivity index (χ2v) is 7.83. The number of para-hydroxylation sites is 1. The molecular formula is C25H30N2O5. The van der Waals surface area contributed by atoms with Gasteiger partial charge in [0.2, 0.25) is 5.75 Å². The van der Waals surface area contributed by atoms with Crippen LogP contribution in [0.5, 0.6) is 17.2 Å². The first-order chi connectivity index (χ1) is 15.6. The predicted molar refractivity (Wildman–Crippen MR) is 123 cm³/mol. The van der Waals surface area contributed by atoms with Crippen LogP contribution in [0.4, 0.5) is 0 Å². The fourth-order valence-electron chi connectivity index (χ4n) is 4.43. The van der Waals surface area contributed by atoms with Gasteiger partial charge in [0.15, 0.2) is 17.3 Å². The lowest BCUT2D eigenvalue weighted by atomic mass is 9.99. The van der Waals surface area contributed by atoms with Gasteiger partial charge in [0.05, 0.1) is 40.1 Å². The molecule has 2 heterocycles. The molecule has 7 nitrogen and oxygen atoms in total. The average Bonchev–Trinajstić information content (AvgIpc) is 3.12. The van der Waals surface area contributed by atoms with E-state index in [1.165, 1.54) is 0 Å². The molecule has 1 aromatic heterocycles. The van der Waals surface area contributed by atoms with Gasteiger partial charge in [-0.05, 0) is 25.1 Å². The summed E-state index contributed by atoms with van der Waals surface area (Å²) in [6.07, 6.45) is 0. The van der Waals surface area contributed by atoms with Gasteiger partial charge in [0.1, 0.15) is 0 Å². The fraction of sp³-hybridized carbons (Fsp3) is 0.400. The molecule has 0 atom stereocenters. The molecule has 0 saturated carbocycles. The van der Waals surface area contributed by atoms with Crippen molar-refractivity contribution in [2.75, 3.05) is 54.2 Å². The Hall–Kier alpha value is -3.03. The summed E-state index contributed by atoms with van der Waals surface area (Å²) in [6.45, 7) is 7.18. The third-order valence-corrected chi connectivity index (χ3v) is 6.13. The van der Waals surface area contributed by atoms with Crippen molar-refractivity contribution in [3.63, 3.8) is 0 Å². The summed E-state index contributed by atoms with van der Waals surface area (Å²) in [6, 6.07) is 11.5. The molecule has 0 unspecified atom stereocenters. The molecule has 0 amide bonds. The summed E-state index contributed by atoms with van der Waals surface area (Å²) in [4.78, 5) is 16.1. The van der Waals surface area contributed by atoms with E-state index in [-0.39, 0.29) is 5.78 Å². The lowest BCUT2D eigenvalue weighted by molar-refractivity contribution is 0.0365. The van der Waals surface area contributed by atoms with Crippen molar-refractivity contribution < 1.29 is 23.7 Å². The van der Waals surface area contributed by atoms with E-state index >= 15 is 0 Å². The Balaban J connectivity index is 1.74. The van der Waals surface area contributed by atoms with E-state index in [9.17, 15) is 4.79 Å². The molecule has 0 N–H and O–H groups in total. The van der Waals surface area contributed by atoms with Crippen LogP contribution in [0.15, 0.2) is 36.4 Å². The van der Waals surface area contributed by atoms with Crippen LogP contribution in [0.1, 0.15) is 21.6 Å². The Morgan fingerprint density at radius 2 is 1.62 bits per heavy atom. The third-order valence-electron chi connectivity index (χ3n) is 6.13. The van der Waals surface area contributed by atoms with Gasteiger partial charge in [-0.15, -0.1) is 0 Å². The van der Waals surface area contributed by atoms with Crippen LogP contribution in [0.2, 0.25) is 0 Å². The van der Waals surface area contributed by atoms with Gasteiger partial charge in [-0.3, -0.25) is 9.69 Å². The maximum atomic E-state index is 13.7. The van der Waals surface area contributed by atoms with Gasteiger partial charge < -0.3 is 23.5 Å². The quantitative estimate of drug-likeness (QED) is 0.502. The highest BCUT2D eigenvalue weighted by atomic mass is 16.5. The zero-order valence-electron chi connectivity index (χ0n) is 19.1. The number of fused-ring (bicyclic) bond motifs is 1. The van der Waals surface area contributed by atoms with Crippen molar-refractivity contribution in [2.45, 2.75) is 13.5 Å². The summed E-state index contributed by atoms with van der Waals surface area (Å²) < 4.78 is 24.0. The zero-order valence-corrected chi connectivity index (χ0v) is 19.1. The Morgan fingerprint density at radius 3 is 2.25 bits per heavy atom. The number of methoxy groups -OCH3 is 3. The minimum atomic E-state index is -0.0666. The Labute approximate surface area is 188 Å². The first kappa shape index (κ1) is 22.2. The van der Waals surface area contributed by atoms with Gasteiger partial charge in [-0.25, -0.2) is 0 Å². The standard InChI is InChI=1S/C25H30N2O5/c1-17-23(24(28)18-15-21(29-2)25(31-4)22(16-18)30-3)19-7-5-6-8-20(19)27(17)10-9-26-11-13-32-14-12-26/h5-8,15-16H,9-14H2,1-4H3. The monoisotopic (exact) mass is 438 g/mol. The highest BCUT2D eigenvalue weighted by Gasteiger charge is 2.24. The molecule has 1 aliphatic heterocycles. The largest absolute Gasteiger partial charge is 0.493 e. The van der Waals surface area contributed by atoms with Gasteiger partial charge in [0.25, 0.3) is 0 Å². The summed E-state index contributed by atoms with van der Waals surface area (Å²) in [7, 11) is 4.65. The van der Waals surface area contributed by atoms with Gasteiger partial charge in [-0.1, -0.05) is 18.2 Å². The summed E-state index contributed by atoms with van der Waals surface area (Å²) in [5, 5.41) is 0.950. The molecule has 7 heteroatoms. The predicted octanol–water partition coefficient (Wildman–Crippen LogP) is 3.54. The van der Waals surface area contributed by atoms with Gasteiger partial charge in [0, 0.05) is 48.3 Å². The summed E-state index contributed by atoms with van der Waals surface area (Å²) >= 11 is 0. The average molecular weight is 439 g/mol. The van der Waals surface area contributed by atoms with Crippen LogP contribution in [0.3, 0.4) is 0 Å². The molecule has 0 bridgehead atoms. The number of ether oxygens (including phenoxy) is 4. The smallest absolute Gasteiger partial charge is 0.203 e. The summed E-state index contributed by atoms with van der Waals surface area (Å²) in [5.41, 5.74) is 3.22. The SMILES string of the molecule is COc1cc(C(=O)c2c(C)n(CCN3CCOCC3)c3ccccc23)cc(OC)c1OC. The van der Waals surface area contributed by atoms with E-state index < -0.39 is 0 Å². The molecule has 1 aliphatic rings. The molecule has 32 heavy (non-hydrogen) atoms. The maximum absolute atomic E-state index is 13.7. The number of benzene rings is 2. The van der Waals surface area contributed by atoms with E-state index in [0.717, 1.165) is 56.0 Å². The van der Waals surface area contributed by atoms with Crippen molar-refractivity contribution in [3.8, 4) is 17.2 Å². The number of aromatic nitrogens is 1. The number of carbonyl (C=O) groups is 1. The van der Waals surface area contributed by atoms with Crippen LogP contribution >= 0.6 is 0 Å². The molecule has 1 saturated heterocycles. The number of carbonyl (C=O) groups excluding carboxylic acids is 1. The molecule has 1 fully saturated rings. The fourth-order valence-corrected chi connectivity index (χ4v) is 4.43. The minimum Gasteiger partial charge on any atom is -0.493 e. The third kappa shape index (κ3) is 4.06. The van der Waals surface area contributed by atoms with Crippen molar-refractivity contribution in [1.82, 2.24) is 9.47 Å². The molecule has 2 aromatic carbocycles. The zero-order chi connectivity index (χ0) is 22.7. The molecule has 170 valence electrons. The summed E-state index contributed by atoms with van der Waals surface area (Å²) in [5.74, 6) is 1.33. The first-order valence-corrected chi connectivity index (χ1v) is 10.8. The van der Waals surface area contributed by atoms with Crippen LogP contribution < -0.4 is 14.2 Å². The number of rotatable bonds is 8. The highest BCUT2D eigenvalue weighted by molar-refractivity contribution is 6.18. The minimum absolute atomic E-state index is 0.0666. The lowest BCUT2D eigenvalue weighted by Gasteiger charge is -2.27.